The Bertz CT molecular complexity index is 757. The Balaban J connectivity index is 1.34. The first-order valence-electron chi connectivity index (χ1n) is 12.6. The fourth-order valence-electron chi connectivity index (χ4n) is 5.27. The predicted molar refractivity (Wildman–Crippen MR) is 130 cm³/mol. The Labute approximate surface area is 193 Å². The van der Waals surface area contributed by atoms with Gasteiger partial charge in [-0.05, 0) is 55.9 Å². The number of nitrogens with one attached hydrogen (secondary N) is 1. The van der Waals surface area contributed by atoms with Gasteiger partial charge in [-0.1, -0.05) is 80.3 Å². The van der Waals surface area contributed by atoms with Crippen molar-refractivity contribution >= 4 is 5.91 Å². The molecule has 0 bridgehead atoms. The highest BCUT2D eigenvalue weighted by molar-refractivity contribution is 5.75. The average Bonchev–Trinajstić information content (AvgIpc) is 3.31. The third kappa shape index (κ3) is 7.60. The number of fused-ring (bicyclic) bond motifs is 1. The van der Waals surface area contributed by atoms with Gasteiger partial charge in [-0.2, -0.15) is 0 Å². The quantitative estimate of drug-likeness (QED) is 0.288. The Kier molecular flexibility index (Phi) is 10.0. The van der Waals surface area contributed by atoms with Gasteiger partial charge in [0.15, 0.2) is 0 Å². The molecule has 0 unspecified atom stereocenters. The molecule has 32 heavy (non-hydrogen) atoms. The third-order valence-electron chi connectivity index (χ3n) is 7.09. The van der Waals surface area contributed by atoms with Gasteiger partial charge >= 0.3 is 0 Å². The van der Waals surface area contributed by atoms with Crippen molar-refractivity contribution in [2.24, 2.45) is 17.8 Å². The summed E-state index contributed by atoms with van der Waals surface area (Å²) in [5.41, 5.74) is 2.61. The smallest absolute Gasteiger partial charge is 0.220 e. The number of unbranched alkanes of at least 4 members (excludes halogenated alkanes) is 3. The van der Waals surface area contributed by atoms with Crippen molar-refractivity contribution in [3.05, 3.63) is 59.7 Å². The molecule has 1 fully saturated rings. The second kappa shape index (κ2) is 13.0. The zero-order valence-electron chi connectivity index (χ0n) is 19.6. The summed E-state index contributed by atoms with van der Waals surface area (Å²) in [5.74, 6) is 1.20. The van der Waals surface area contributed by atoms with E-state index >= 15 is 0 Å². The maximum Gasteiger partial charge on any atom is 0.220 e. The lowest BCUT2D eigenvalue weighted by Crippen LogP contribution is -2.22. The summed E-state index contributed by atoms with van der Waals surface area (Å²) in [6, 6.07) is 10.0. The monoisotopic (exact) mass is 439 g/mol. The predicted octanol–water partition coefficient (Wildman–Crippen LogP) is 5.30. The molecule has 176 valence electrons. The van der Waals surface area contributed by atoms with Crippen LogP contribution in [0.5, 0.6) is 0 Å². The fourth-order valence-corrected chi connectivity index (χ4v) is 5.27. The molecule has 0 heterocycles. The summed E-state index contributed by atoms with van der Waals surface area (Å²) in [4.78, 5) is 12.1. The van der Waals surface area contributed by atoms with Gasteiger partial charge in [-0.15, -0.1) is 0 Å². The molecule has 4 nitrogen and oxygen atoms in total. The van der Waals surface area contributed by atoms with Crippen LogP contribution in [0.4, 0.5) is 0 Å². The molecule has 5 atom stereocenters. The van der Waals surface area contributed by atoms with E-state index in [-0.39, 0.29) is 17.9 Å². The number of hydrogen-bond donors (Lipinski definition) is 3. The number of hydrogen-bond acceptors (Lipinski definition) is 3. The van der Waals surface area contributed by atoms with Crippen LogP contribution >= 0.6 is 0 Å². The minimum absolute atomic E-state index is 0.122. The first kappa shape index (κ1) is 24.7. The lowest BCUT2D eigenvalue weighted by Gasteiger charge is -2.19. The van der Waals surface area contributed by atoms with Gasteiger partial charge in [0.1, 0.15) is 0 Å². The van der Waals surface area contributed by atoms with Gasteiger partial charge in [-0.25, -0.2) is 0 Å². The van der Waals surface area contributed by atoms with E-state index in [0.29, 0.717) is 24.8 Å². The highest BCUT2D eigenvalue weighted by atomic mass is 16.3. The fraction of sp³-hybridized carbons (Fsp3) is 0.607. The summed E-state index contributed by atoms with van der Waals surface area (Å²) >= 11 is 0. The van der Waals surface area contributed by atoms with E-state index in [1.165, 1.54) is 5.57 Å². The van der Waals surface area contributed by atoms with Gasteiger partial charge < -0.3 is 15.5 Å². The van der Waals surface area contributed by atoms with Crippen LogP contribution in [0.3, 0.4) is 0 Å². The van der Waals surface area contributed by atoms with Gasteiger partial charge in [0.25, 0.3) is 0 Å². The topological polar surface area (TPSA) is 69.6 Å². The van der Waals surface area contributed by atoms with Crippen molar-refractivity contribution in [2.75, 3.05) is 0 Å². The SMILES string of the molecule is CCCCC[C@H](O)C=C[C@@H]1[C@H]2CC(CCCCC(=O)NCc3ccccc3)=C[C@H]2C[C@H]1O. The molecule has 0 aromatic heterocycles. The van der Waals surface area contributed by atoms with Crippen LogP contribution < -0.4 is 5.32 Å². The van der Waals surface area contributed by atoms with Crippen LogP contribution in [0.15, 0.2) is 54.1 Å². The van der Waals surface area contributed by atoms with Gasteiger partial charge in [0.05, 0.1) is 12.2 Å². The molecule has 0 radical (unpaired) electrons. The summed E-state index contributed by atoms with van der Waals surface area (Å²) in [5, 5.41) is 23.7. The number of amides is 1. The number of carbonyl (C=O) groups is 1. The molecule has 1 saturated carbocycles. The second-order valence-electron chi connectivity index (χ2n) is 9.65. The van der Waals surface area contributed by atoms with Crippen molar-refractivity contribution in [3.63, 3.8) is 0 Å². The molecule has 0 spiro atoms. The highest BCUT2D eigenvalue weighted by Crippen LogP contribution is 2.48. The zero-order valence-corrected chi connectivity index (χ0v) is 19.6. The van der Waals surface area contributed by atoms with Crippen LogP contribution in [0.1, 0.15) is 76.7 Å². The molecule has 1 amide bonds. The normalized spacial score (nSPS) is 25.7. The van der Waals surface area contributed by atoms with Crippen molar-refractivity contribution in [2.45, 2.75) is 89.9 Å². The molecule has 0 saturated heterocycles. The summed E-state index contributed by atoms with van der Waals surface area (Å²) in [6.07, 6.45) is 15.3. The molecular formula is C28H41NO3. The minimum atomic E-state index is -0.394. The molecule has 3 rings (SSSR count). The lowest BCUT2D eigenvalue weighted by molar-refractivity contribution is -0.121. The summed E-state index contributed by atoms with van der Waals surface area (Å²) < 4.78 is 0. The molecule has 3 N–H and O–H groups in total. The van der Waals surface area contributed by atoms with Crippen molar-refractivity contribution in [1.29, 1.82) is 0 Å². The van der Waals surface area contributed by atoms with E-state index in [1.54, 1.807) is 0 Å². The molecule has 1 aromatic rings. The Morgan fingerprint density at radius 2 is 2.00 bits per heavy atom. The third-order valence-corrected chi connectivity index (χ3v) is 7.09. The zero-order chi connectivity index (χ0) is 22.8. The lowest BCUT2D eigenvalue weighted by atomic mass is 9.88. The van der Waals surface area contributed by atoms with Crippen LogP contribution in [0.2, 0.25) is 0 Å². The first-order valence-corrected chi connectivity index (χ1v) is 12.6. The number of carbonyl (C=O) groups excluding carboxylic acids is 1. The molecule has 2 aliphatic carbocycles. The molecule has 4 heteroatoms. The Morgan fingerprint density at radius 1 is 1.19 bits per heavy atom. The minimum Gasteiger partial charge on any atom is -0.392 e. The van der Waals surface area contributed by atoms with Crippen molar-refractivity contribution in [1.82, 2.24) is 5.32 Å². The second-order valence-corrected chi connectivity index (χ2v) is 9.65. The van der Waals surface area contributed by atoms with Crippen molar-refractivity contribution in [3.8, 4) is 0 Å². The Hall–Kier alpha value is -1.91. The van der Waals surface area contributed by atoms with Gasteiger partial charge in [-0.3, -0.25) is 4.79 Å². The summed E-state index contributed by atoms with van der Waals surface area (Å²) in [7, 11) is 0. The highest BCUT2D eigenvalue weighted by Gasteiger charge is 2.43. The van der Waals surface area contributed by atoms with E-state index < -0.39 is 6.10 Å². The van der Waals surface area contributed by atoms with Crippen LogP contribution in [0.25, 0.3) is 0 Å². The van der Waals surface area contributed by atoms with E-state index in [1.807, 2.05) is 36.4 Å². The molecule has 0 aliphatic heterocycles. The maximum absolute atomic E-state index is 12.1. The van der Waals surface area contributed by atoms with Crippen LogP contribution in [-0.2, 0) is 11.3 Å². The molecule has 1 aromatic carbocycles. The maximum atomic E-state index is 12.1. The standard InChI is InChI=1S/C28H41NO3/c1-2-3-5-13-24(30)15-16-25-26-18-22(17-23(26)19-27(25)31)12-8-9-14-28(32)29-20-21-10-6-4-7-11-21/h4,6-7,10-11,15-17,23-27,30-31H,2-3,5,8-9,12-14,18-20H2,1H3,(H,29,32)/t23-,24-,25+,26-,27+/m0/s1. The number of aliphatic hydroxyl groups is 2. The number of allylic oxidation sites excluding steroid dienone is 2. The van der Waals surface area contributed by atoms with E-state index in [9.17, 15) is 15.0 Å². The molecular weight excluding hydrogens is 398 g/mol. The van der Waals surface area contributed by atoms with E-state index in [2.05, 4.69) is 24.4 Å². The van der Waals surface area contributed by atoms with E-state index in [0.717, 1.165) is 63.4 Å². The Morgan fingerprint density at radius 3 is 2.78 bits per heavy atom. The van der Waals surface area contributed by atoms with E-state index in [4.69, 9.17) is 0 Å². The summed E-state index contributed by atoms with van der Waals surface area (Å²) in [6.45, 7) is 2.77. The number of benzene rings is 1. The molecule has 2 aliphatic rings. The van der Waals surface area contributed by atoms with Gasteiger partial charge in [0, 0.05) is 18.9 Å². The largest absolute Gasteiger partial charge is 0.392 e. The van der Waals surface area contributed by atoms with Crippen molar-refractivity contribution < 1.29 is 15.0 Å². The van der Waals surface area contributed by atoms with Gasteiger partial charge in [0.2, 0.25) is 5.91 Å². The number of aliphatic hydroxyl groups excluding tert-OH is 2. The van der Waals surface area contributed by atoms with Crippen LogP contribution in [0, 0.1) is 17.8 Å². The number of rotatable bonds is 13. The van der Waals surface area contributed by atoms with Crippen LogP contribution in [-0.4, -0.2) is 28.3 Å². The average molecular weight is 440 g/mol. The first-order chi connectivity index (χ1) is 15.6.